The predicted octanol–water partition coefficient (Wildman–Crippen LogP) is 3.04. The highest BCUT2D eigenvalue weighted by molar-refractivity contribution is 5.83. The molecule has 0 rings (SSSR count). The van der Waals surface area contributed by atoms with Crippen molar-refractivity contribution in [2.24, 2.45) is 11.3 Å². The molecule has 0 atom stereocenters. The van der Waals surface area contributed by atoms with Crippen molar-refractivity contribution in [3.05, 3.63) is 0 Å². The molecule has 66 valence electrons. The number of hydrogen-bond donors (Lipinski definition) is 0. The van der Waals surface area contributed by atoms with E-state index in [1.54, 1.807) is 0 Å². The molecule has 0 aliphatic rings. The lowest BCUT2D eigenvalue weighted by Gasteiger charge is -2.24. The lowest BCUT2D eigenvalue weighted by Crippen LogP contribution is -2.25. The Morgan fingerprint density at radius 1 is 1.36 bits per heavy atom. The Labute approximate surface area is 70.2 Å². The molecule has 0 fully saturated rings. The van der Waals surface area contributed by atoms with E-state index in [1.165, 1.54) is 0 Å². The van der Waals surface area contributed by atoms with Gasteiger partial charge in [-0.1, -0.05) is 34.6 Å². The minimum atomic E-state index is -0.108. The lowest BCUT2D eigenvalue weighted by atomic mass is 9.79. The van der Waals surface area contributed by atoms with Crippen molar-refractivity contribution in [3.8, 4) is 0 Å². The van der Waals surface area contributed by atoms with Crippen LogP contribution in [0.3, 0.4) is 0 Å². The van der Waals surface area contributed by atoms with E-state index in [2.05, 4.69) is 13.8 Å². The molecule has 0 unspecified atom stereocenters. The normalized spacial score (nSPS) is 12.2. The van der Waals surface area contributed by atoms with Crippen molar-refractivity contribution in [1.82, 2.24) is 0 Å². The highest BCUT2D eigenvalue weighted by atomic mass is 16.1. The summed E-state index contributed by atoms with van der Waals surface area (Å²) in [4.78, 5) is 11.4. The Morgan fingerprint density at radius 2 is 1.82 bits per heavy atom. The molecule has 0 aromatic carbocycles. The van der Waals surface area contributed by atoms with Crippen LogP contribution in [-0.2, 0) is 4.79 Å². The standard InChI is InChI=1S/C10H20O/c1-6-9(11)10(4,5)7-8(2)3/h8H,6-7H2,1-5H3. The maximum Gasteiger partial charge on any atom is 0.138 e. The van der Waals surface area contributed by atoms with Gasteiger partial charge in [-0.2, -0.15) is 0 Å². The quantitative estimate of drug-likeness (QED) is 0.611. The van der Waals surface area contributed by atoms with Crippen LogP contribution in [0, 0.1) is 11.3 Å². The second-order valence-electron chi connectivity index (χ2n) is 4.26. The minimum Gasteiger partial charge on any atom is -0.299 e. The van der Waals surface area contributed by atoms with Gasteiger partial charge in [-0.15, -0.1) is 0 Å². The first-order valence-electron chi connectivity index (χ1n) is 4.43. The van der Waals surface area contributed by atoms with E-state index < -0.39 is 0 Å². The van der Waals surface area contributed by atoms with Gasteiger partial charge >= 0.3 is 0 Å². The first kappa shape index (κ1) is 10.7. The second kappa shape index (κ2) is 3.89. The van der Waals surface area contributed by atoms with E-state index in [0.29, 0.717) is 18.1 Å². The number of hydrogen-bond acceptors (Lipinski definition) is 1. The van der Waals surface area contributed by atoms with Gasteiger partial charge in [-0.3, -0.25) is 4.79 Å². The summed E-state index contributed by atoms with van der Waals surface area (Å²) in [5, 5.41) is 0. The molecule has 0 spiro atoms. The van der Waals surface area contributed by atoms with Gasteiger partial charge in [0.1, 0.15) is 5.78 Å². The molecule has 0 radical (unpaired) electrons. The highest BCUT2D eigenvalue weighted by Crippen LogP contribution is 2.27. The number of rotatable bonds is 4. The summed E-state index contributed by atoms with van der Waals surface area (Å²) in [5.74, 6) is 0.992. The Hall–Kier alpha value is -0.330. The zero-order valence-corrected chi connectivity index (χ0v) is 8.40. The molecule has 0 saturated heterocycles. The van der Waals surface area contributed by atoms with Gasteiger partial charge in [-0.05, 0) is 12.3 Å². The molecule has 0 saturated carbocycles. The van der Waals surface area contributed by atoms with Gasteiger partial charge in [0.25, 0.3) is 0 Å². The molecule has 0 bridgehead atoms. The summed E-state index contributed by atoms with van der Waals surface area (Å²) in [6, 6.07) is 0. The van der Waals surface area contributed by atoms with Crippen molar-refractivity contribution in [3.63, 3.8) is 0 Å². The number of carbonyl (C=O) groups excluding carboxylic acids is 1. The van der Waals surface area contributed by atoms with Crippen LogP contribution in [0.2, 0.25) is 0 Å². The number of Topliss-reactive ketones (excluding diaryl/α,β-unsaturated/α-hetero) is 1. The third-order valence-corrected chi connectivity index (χ3v) is 1.99. The fraction of sp³-hybridized carbons (Fsp3) is 0.900. The number of carbonyl (C=O) groups is 1. The maximum atomic E-state index is 11.4. The monoisotopic (exact) mass is 156 g/mol. The second-order valence-corrected chi connectivity index (χ2v) is 4.26. The molecule has 0 amide bonds. The zero-order chi connectivity index (χ0) is 9.07. The van der Waals surface area contributed by atoms with Gasteiger partial charge in [0, 0.05) is 11.8 Å². The minimum absolute atomic E-state index is 0.108. The highest BCUT2D eigenvalue weighted by Gasteiger charge is 2.26. The molecule has 0 N–H and O–H groups in total. The molecule has 11 heavy (non-hydrogen) atoms. The zero-order valence-electron chi connectivity index (χ0n) is 8.40. The van der Waals surface area contributed by atoms with E-state index in [-0.39, 0.29) is 5.41 Å². The first-order chi connectivity index (χ1) is 4.90. The fourth-order valence-corrected chi connectivity index (χ4v) is 1.61. The van der Waals surface area contributed by atoms with Gasteiger partial charge in [0.05, 0.1) is 0 Å². The maximum absolute atomic E-state index is 11.4. The van der Waals surface area contributed by atoms with E-state index in [0.717, 1.165) is 6.42 Å². The van der Waals surface area contributed by atoms with Crippen molar-refractivity contribution in [2.75, 3.05) is 0 Å². The smallest absolute Gasteiger partial charge is 0.138 e. The van der Waals surface area contributed by atoms with Gasteiger partial charge < -0.3 is 0 Å². The topological polar surface area (TPSA) is 17.1 Å². The van der Waals surface area contributed by atoms with Crippen LogP contribution in [0.4, 0.5) is 0 Å². The van der Waals surface area contributed by atoms with Crippen LogP contribution in [-0.4, -0.2) is 5.78 Å². The molecular formula is C10H20O. The summed E-state index contributed by atoms with van der Waals surface area (Å²) in [7, 11) is 0. The van der Waals surface area contributed by atoms with Crippen LogP contribution in [0.1, 0.15) is 47.5 Å². The largest absolute Gasteiger partial charge is 0.299 e. The third kappa shape index (κ3) is 3.54. The van der Waals surface area contributed by atoms with E-state index in [4.69, 9.17) is 0 Å². The average molecular weight is 156 g/mol. The lowest BCUT2D eigenvalue weighted by molar-refractivity contribution is -0.127. The third-order valence-electron chi connectivity index (χ3n) is 1.99. The molecule has 0 aliphatic carbocycles. The van der Waals surface area contributed by atoms with Crippen LogP contribution >= 0.6 is 0 Å². The van der Waals surface area contributed by atoms with E-state index >= 15 is 0 Å². The Balaban J connectivity index is 4.09. The summed E-state index contributed by atoms with van der Waals surface area (Å²) in [6.45, 7) is 10.3. The van der Waals surface area contributed by atoms with Crippen LogP contribution in [0.25, 0.3) is 0 Å². The molecule has 0 aromatic rings. The molecule has 0 aliphatic heterocycles. The summed E-state index contributed by atoms with van der Waals surface area (Å²) >= 11 is 0. The fourth-order valence-electron chi connectivity index (χ4n) is 1.61. The first-order valence-corrected chi connectivity index (χ1v) is 4.43. The SMILES string of the molecule is CCC(=O)C(C)(C)CC(C)C. The predicted molar refractivity (Wildman–Crippen MR) is 48.5 cm³/mol. The molecule has 0 heterocycles. The van der Waals surface area contributed by atoms with Gasteiger partial charge in [0.15, 0.2) is 0 Å². The molecule has 1 heteroatoms. The summed E-state index contributed by atoms with van der Waals surface area (Å²) < 4.78 is 0. The van der Waals surface area contributed by atoms with Gasteiger partial charge in [-0.25, -0.2) is 0 Å². The Bertz CT molecular complexity index is 134. The Kier molecular flexibility index (Phi) is 3.77. The van der Waals surface area contributed by atoms with Gasteiger partial charge in [0.2, 0.25) is 0 Å². The summed E-state index contributed by atoms with van der Waals surface area (Å²) in [6.07, 6.45) is 1.67. The Morgan fingerprint density at radius 3 is 2.09 bits per heavy atom. The molecular weight excluding hydrogens is 136 g/mol. The van der Waals surface area contributed by atoms with Crippen LogP contribution in [0.15, 0.2) is 0 Å². The van der Waals surface area contributed by atoms with Crippen LogP contribution in [0.5, 0.6) is 0 Å². The van der Waals surface area contributed by atoms with Crippen molar-refractivity contribution >= 4 is 5.78 Å². The van der Waals surface area contributed by atoms with E-state index in [9.17, 15) is 4.79 Å². The van der Waals surface area contributed by atoms with Crippen LogP contribution < -0.4 is 0 Å². The average Bonchev–Trinajstić information content (AvgIpc) is 1.83. The van der Waals surface area contributed by atoms with Crippen molar-refractivity contribution in [2.45, 2.75) is 47.5 Å². The number of ketones is 1. The molecule has 1 nitrogen and oxygen atoms in total. The molecule has 0 aromatic heterocycles. The van der Waals surface area contributed by atoms with Crippen molar-refractivity contribution < 1.29 is 4.79 Å². The van der Waals surface area contributed by atoms with E-state index in [1.807, 2.05) is 20.8 Å². The van der Waals surface area contributed by atoms with Crippen molar-refractivity contribution in [1.29, 1.82) is 0 Å². The summed E-state index contributed by atoms with van der Waals surface area (Å²) in [5.41, 5.74) is -0.108.